The zero-order chi connectivity index (χ0) is 20.2. The van der Waals surface area contributed by atoms with Crippen molar-refractivity contribution in [2.75, 3.05) is 0 Å². The van der Waals surface area contributed by atoms with E-state index in [4.69, 9.17) is 0 Å². The van der Waals surface area contributed by atoms with E-state index < -0.39 is 0 Å². The van der Waals surface area contributed by atoms with Crippen molar-refractivity contribution in [1.82, 2.24) is 4.98 Å². The number of hydrogen-bond donors (Lipinski definition) is 0. The van der Waals surface area contributed by atoms with E-state index in [1.165, 1.54) is 60.5 Å². The molecule has 1 heteroatoms. The fourth-order valence-corrected chi connectivity index (χ4v) is 5.02. The lowest BCUT2D eigenvalue weighted by Gasteiger charge is -2.22. The molecule has 5 aromatic rings. The van der Waals surface area contributed by atoms with Crippen LogP contribution in [0.25, 0.3) is 43.9 Å². The lowest BCUT2D eigenvalue weighted by atomic mass is 9.82. The van der Waals surface area contributed by atoms with E-state index >= 15 is 0 Å². The van der Waals surface area contributed by atoms with Crippen molar-refractivity contribution in [2.24, 2.45) is 0 Å². The Labute approximate surface area is 177 Å². The summed E-state index contributed by atoms with van der Waals surface area (Å²) in [5.41, 5.74) is 10.6. The maximum Gasteiger partial charge on any atom is 0.0708 e. The normalized spacial score (nSPS) is 12.7. The van der Waals surface area contributed by atoms with Crippen LogP contribution in [-0.4, -0.2) is 4.98 Å². The van der Waals surface area contributed by atoms with Gasteiger partial charge < -0.3 is 0 Å². The summed E-state index contributed by atoms with van der Waals surface area (Å²) >= 11 is 0. The standard InChI is InChI=1S/C29H23N/c1-18-6-10-23-20(13-18)8-9-21-15-26-22(16-25(21)23)17-28(29-5-3-4-12-30-29)27-14-19(2)7-11-24(26)27/h3-7,10-17H,8-9H2,1-2H3. The molecular formula is C29H23N. The van der Waals surface area contributed by atoms with Gasteiger partial charge >= 0.3 is 0 Å². The van der Waals surface area contributed by atoms with Gasteiger partial charge in [-0.3, -0.25) is 4.98 Å². The molecule has 0 aliphatic heterocycles. The summed E-state index contributed by atoms with van der Waals surface area (Å²) < 4.78 is 0. The molecule has 1 aliphatic rings. The molecule has 1 aromatic heterocycles. The summed E-state index contributed by atoms with van der Waals surface area (Å²) in [5, 5.41) is 5.24. The van der Waals surface area contributed by atoms with Crippen molar-refractivity contribution in [1.29, 1.82) is 0 Å². The minimum Gasteiger partial charge on any atom is -0.256 e. The van der Waals surface area contributed by atoms with Crippen LogP contribution in [0.2, 0.25) is 0 Å². The van der Waals surface area contributed by atoms with Crippen LogP contribution in [0.1, 0.15) is 22.3 Å². The molecule has 0 unspecified atom stereocenters. The smallest absolute Gasteiger partial charge is 0.0708 e. The van der Waals surface area contributed by atoms with Crippen molar-refractivity contribution in [3.63, 3.8) is 0 Å². The van der Waals surface area contributed by atoms with Crippen LogP contribution < -0.4 is 0 Å². The third-order valence-corrected chi connectivity index (χ3v) is 6.49. The number of benzene rings is 4. The summed E-state index contributed by atoms with van der Waals surface area (Å²) in [6.45, 7) is 4.35. The Morgan fingerprint density at radius 1 is 0.600 bits per heavy atom. The highest BCUT2D eigenvalue weighted by atomic mass is 14.7. The first-order chi connectivity index (χ1) is 14.7. The highest BCUT2D eigenvalue weighted by molar-refractivity contribution is 6.14. The maximum absolute atomic E-state index is 4.67. The quantitative estimate of drug-likeness (QED) is 0.273. The Balaban J connectivity index is 1.70. The van der Waals surface area contributed by atoms with Crippen LogP contribution >= 0.6 is 0 Å². The molecule has 1 heterocycles. The molecule has 30 heavy (non-hydrogen) atoms. The third kappa shape index (κ3) is 2.66. The van der Waals surface area contributed by atoms with Gasteiger partial charge in [-0.25, -0.2) is 0 Å². The van der Waals surface area contributed by atoms with Crippen LogP contribution in [0, 0.1) is 13.8 Å². The minimum absolute atomic E-state index is 1.03. The van der Waals surface area contributed by atoms with Crippen LogP contribution in [0.3, 0.4) is 0 Å². The molecule has 0 N–H and O–H groups in total. The summed E-state index contributed by atoms with van der Waals surface area (Å²) in [5.74, 6) is 0. The second kappa shape index (κ2) is 6.53. The second-order valence-corrected chi connectivity index (χ2v) is 8.58. The van der Waals surface area contributed by atoms with Gasteiger partial charge in [0.05, 0.1) is 5.69 Å². The number of nitrogens with zero attached hydrogens (tertiary/aromatic N) is 1. The number of pyridine rings is 1. The Bertz CT molecular complexity index is 1440. The van der Waals surface area contributed by atoms with Crippen molar-refractivity contribution < 1.29 is 0 Å². The van der Waals surface area contributed by atoms with E-state index in [1.54, 1.807) is 0 Å². The predicted octanol–water partition coefficient (Wildman–Crippen LogP) is 7.44. The Kier molecular flexibility index (Phi) is 3.79. The molecule has 0 bridgehead atoms. The van der Waals surface area contributed by atoms with E-state index in [0.29, 0.717) is 0 Å². The molecule has 0 atom stereocenters. The van der Waals surface area contributed by atoms with Gasteiger partial charge in [0.1, 0.15) is 0 Å². The maximum atomic E-state index is 4.67. The molecule has 4 aromatic carbocycles. The molecule has 144 valence electrons. The number of fused-ring (bicyclic) bond motifs is 6. The first-order valence-corrected chi connectivity index (χ1v) is 10.7. The monoisotopic (exact) mass is 385 g/mol. The molecule has 1 aliphatic carbocycles. The van der Waals surface area contributed by atoms with E-state index in [-0.39, 0.29) is 0 Å². The highest BCUT2D eigenvalue weighted by Crippen LogP contribution is 2.41. The lowest BCUT2D eigenvalue weighted by Crippen LogP contribution is -2.04. The fraction of sp³-hybridized carbons (Fsp3) is 0.138. The summed E-state index contributed by atoms with van der Waals surface area (Å²) in [4.78, 5) is 4.67. The summed E-state index contributed by atoms with van der Waals surface area (Å²) in [7, 11) is 0. The number of aryl methyl sites for hydroxylation is 4. The first-order valence-electron chi connectivity index (χ1n) is 10.7. The van der Waals surface area contributed by atoms with Gasteiger partial charge in [0.2, 0.25) is 0 Å². The van der Waals surface area contributed by atoms with Crippen LogP contribution in [0.5, 0.6) is 0 Å². The molecule has 0 fully saturated rings. The predicted molar refractivity (Wildman–Crippen MR) is 127 cm³/mol. The first kappa shape index (κ1) is 17.4. The van der Waals surface area contributed by atoms with Crippen molar-refractivity contribution in [3.8, 4) is 22.4 Å². The van der Waals surface area contributed by atoms with Gasteiger partial charge in [-0.1, -0.05) is 53.6 Å². The third-order valence-electron chi connectivity index (χ3n) is 6.49. The Morgan fingerprint density at radius 3 is 2.20 bits per heavy atom. The zero-order valence-electron chi connectivity index (χ0n) is 17.4. The van der Waals surface area contributed by atoms with E-state index in [1.807, 2.05) is 12.3 Å². The SMILES string of the molecule is Cc1ccc2c(c1)CCc1cc3c(cc1-2)cc(-c1ccccn1)c1cc(C)ccc13. The van der Waals surface area contributed by atoms with Crippen molar-refractivity contribution in [2.45, 2.75) is 26.7 Å². The van der Waals surface area contributed by atoms with E-state index in [9.17, 15) is 0 Å². The van der Waals surface area contributed by atoms with Crippen molar-refractivity contribution >= 4 is 21.5 Å². The van der Waals surface area contributed by atoms with Crippen LogP contribution in [0.15, 0.2) is 79.0 Å². The summed E-state index contributed by atoms with van der Waals surface area (Å²) in [6, 6.07) is 27.0. The van der Waals surface area contributed by atoms with Gasteiger partial charge in [-0.2, -0.15) is 0 Å². The number of hydrogen-bond acceptors (Lipinski definition) is 1. The molecule has 6 rings (SSSR count). The Morgan fingerprint density at radius 2 is 1.37 bits per heavy atom. The van der Waals surface area contributed by atoms with Gasteiger partial charge in [0.15, 0.2) is 0 Å². The zero-order valence-corrected chi connectivity index (χ0v) is 17.4. The van der Waals surface area contributed by atoms with E-state index in [0.717, 1.165) is 18.5 Å². The fourth-order valence-electron chi connectivity index (χ4n) is 5.02. The molecule has 0 saturated carbocycles. The lowest BCUT2D eigenvalue weighted by molar-refractivity contribution is 0.942. The average molecular weight is 386 g/mol. The van der Waals surface area contributed by atoms with Crippen molar-refractivity contribution in [3.05, 3.63) is 101 Å². The van der Waals surface area contributed by atoms with Gasteiger partial charge in [-0.15, -0.1) is 0 Å². The largest absolute Gasteiger partial charge is 0.256 e. The van der Waals surface area contributed by atoms with Gasteiger partial charge in [-0.05, 0) is 101 Å². The molecule has 0 radical (unpaired) electrons. The Hall–Kier alpha value is -3.45. The van der Waals surface area contributed by atoms with Crippen LogP contribution in [0.4, 0.5) is 0 Å². The topological polar surface area (TPSA) is 12.9 Å². The molecule has 0 spiro atoms. The van der Waals surface area contributed by atoms with Gasteiger partial charge in [0.25, 0.3) is 0 Å². The molecular weight excluding hydrogens is 362 g/mol. The molecule has 0 saturated heterocycles. The van der Waals surface area contributed by atoms with E-state index in [2.05, 4.69) is 85.6 Å². The number of aromatic nitrogens is 1. The highest BCUT2D eigenvalue weighted by Gasteiger charge is 2.18. The van der Waals surface area contributed by atoms with Gasteiger partial charge in [0, 0.05) is 11.8 Å². The summed E-state index contributed by atoms with van der Waals surface area (Å²) in [6.07, 6.45) is 4.11. The molecule has 0 amide bonds. The minimum atomic E-state index is 1.03. The second-order valence-electron chi connectivity index (χ2n) is 8.58. The number of rotatable bonds is 1. The molecule has 1 nitrogen and oxygen atoms in total. The van der Waals surface area contributed by atoms with Crippen LogP contribution in [-0.2, 0) is 12.8 Å². The average Bonchev–Trinajstić information content (AvgIpc) is 2.77.